The van der Waals surface area contributed by atoms with Crippen LogP contribution in [0.15, 0.2) is 49.6 Å². The van der Waals surface area contributed by atoms with E-state index in [0.29, 0.717) is 31.4 Å². The van der Waals surface area contributed by atoms with Crippen molar-refractivity contribution in [2.45, 2.75) is 70.1 Å². The molecule has 1 aromatic rings. The van der Waals surface area contributed by atoms with Crippen LogP contribution in [0.2, 0.25) is 0 Å². The zero-order chi connectivity index (χ0) is 29.8. The molecule has 2 bridgehead atoms. The standard InChI is InChI=1S/C32H45N3O6/c1-6-10-11-22-40-30(39)26-25-28(37)35(20-12-21-36)27(32(25)18-17-31(26,5)41-32)29(38)34(19-7-2)24-15-13-23(14-16-24)33(8-3)9-4/h6-7,13-16,25-27,36H,1-2,8-12,17-22H2,3-5H3/t25-,26+,27?,31-,32?/m0/s1. The fourth-order valence-corrected chi connectivity index (χ4v) is 7.07. The van der Waals surface area contributed by atoms with Gasteiger partial charge >= 0.3 is 5.97 Å². The van der Waals surface area contributed by atoms with Crippen LogP contribution in [0.5, 0.6) is 0 Å². The maximum absolute atomic E-state index is 14.5. The number of aliphatic hydroxyl groups excluding tert-OH is 1. The number of anilines is 2. The van der Waals surface area contributed by atoms with Crippen molar-refractivity contribution in [3.8, 4) is 0 Å². The van der Waals surface area contributed by atoms with E-state index in [-0.39, 0.29) is 38.1 Å². The first kappa shape index (κ1) is 30.8. The molecule has 0 saturated carbocycles. The molecular weight excluding hydrogens is 522 g/mol. The number of carbonyl (C=O) groups is 3. The van der Waals surface area contributed by atoms with Gasteiger partial charge in [0.05, 0.1) is 18.1 Å². The summed E-state index contributed by atoms with van der Waals surface area (Å²) in [4.78, 5) is 47.4. The van der Waals surface area contributed by atoms with Crippen LogP contribution in [0.3, 0.4) is 0 Å². The Balaban J connectivity index is 1.69. The zero-order valence-corrected chi connectivity index (χ0v) is 24.7. The topological polar surface area (TPSA) is 99.6 Å². The molecular formula is C32H45N3O6. The number of carbonyl (C=O) groups excluding carboxylic acids is 3. The highest BCUT2D eigenvalue weighted by atomic mass is 16.6. The number of allylic oxidation sites excluding steroid dienone is 1. The second-order valence-electron chi connectivity index (χ2n) is 11.4. The van der Waals surface area contributed by atoms with Crippen LogP contribution >= 0.6 is 0 Å². The highest BCUT2D eigenvalue weighted by Gasteiger charge is 2.78. The number of rotatable bonds is 15. The van der Waals surface area contributed by atoms with E-state index in [1.165, 1.54) is 4.90 Å². The third-order valence-electron chi connectivity index (χ3n) is 8.99. The van der Waals surface area contributed by atoms with Crippen LogP contribution in [0, 0.1) is 11.8 Å². The van der Waals surface area contributed by atoms with Gasteiger partial charge in [-0.2, -0.15) is 0 Å². The molecule has 9 heteroatoms. The molecule has 224 valence electrons. The van der Waals surface area contributed by atoms with Gasteiger partial charge in [0.15, 0.2) is 0 Å². The normalized spacial score (nSPS) is 28.0. The van der Waals surface area contributed by atoms with Crippen LogP contribution in [-0.2, 0) is 23.9 Å². The number of nitrogens with zero attached hydrogens (tertiary/aromatic N) is 3. The SMILES string of the molecule is C=CCCCOC(=O)[C@H]1[C@H]2C(=O)N(CCCO)C(C(=O)N(CC=C)c3ccc(N(CC)CC)cc3)C23CC[C@]1(C)O3. The van der Waals surface area contributed by atoms with E-state index in [9.17, 15) is 19.5 Å². The summed E-state index contributed by atoms with van der Waals surface area (Å²) < 4.78 is 12.3. The Morgan fingerprint density at radius 3 is 2.41 bits per heavy atom. The third kappa shape index (κ3) is 5.42. The molecule has 0 aliphatic carbocycles. The smallest absolute Gasteiger partial charge is 0.312 e. The molecule has 0 aromatic heterocycles. The van der Waals surface area contributed by atoms with Gasteiger partial charge in [-0.3, -0.25) is 14.4 Å². The van der Waals surface area contributed by atoms with Crippen molar-refractivity contribution in [3.05, 3.63) is 49.6 Å². The van der Waals surface area contributed by atoms with E-state index >= 15 is 0 Å². The Morgan fingerprint density at radius 2 is 1.80 bits per heavy atom. The summed E-state index contributed by atoms with van der Waals surface area (Å²) in [7, 11) is 0. The molecule has 41 heavy (non-hydrogen) atoms. The average Bonchev–Trinajstić information content (AvgIpc) is 3.54. The number of esters is 1. The molecule has 2 amide bonds. The van der Waals surface area contributed by atoms with Crippen LogP contribution in [0.4, 0.5) is 11.4 Å². The monoisotopic (exact) mass is 567 g/mol. The minimum absolute atomic E-state index is 0.126. The number of ether oxygens (including phenoxy) is 2. The summed E-state index contributed by atoms with van der Waals surface area (Å²) in [5, 5.41) is 9.61. The van der Waals surface area contributed by atoms with Crippen molar-refractivity contribution in [3.63, 3.8) is 0 Å². The summed E-state index contributed by atoms with van der Waals surface area (Å²) in [6.07, 6.45) is 6.14. The van der Waals surface area contributed by atoms with Gasteiger partial charge in [0.1, 0.15) is 17.6 Å². The Kier molecular flexibility index (Phi) is 9.59. The quantitative estimate of drug-likeness (QED) is 0.196. The second kappa shape index (κ2) is 12.8. The van der Waals surface area contributed by atoms with Gasteiger partial charge in [0, 0.05) is 44.2 Å². The van der Waals surface area contributed by atoms with Gasteiger partial charge in [-0.05, 0) is 77.1 Å². The molecule has 5 atom stereocenters. The van der Waals surface area contributed by atoms with Crippen molar-refractivity contribution in [2.75, 3.05) is 49.2 Å². The highest BCUT2D eigenvalue weighted by molar-refractivity contribution is 6.05. The van der Waals surface area contributed by atoms with Crippen molar-refractivity contribution < 1.29 is 29.0 Å². The minimum atomic E-state index is -1.15. The number of unbranched alkanes of at least 4 members (excludes halogenated alkanes) is 1. The first-order valence-corrected chi connectivity index (χ1v) is 14.9. The van der Waals surface area contributed by atoms with Crippen molar-refractivity contribution in [1.82, 2.24) is 4.90 Å². The summed E-state index contributed by atoms with van der Waals surface area (Å²) >= 11 is 0. The summed E-state index contributed by atoms with van der Waals surface area (Å²) in [5.74, 6) is -2.65. The maximum atomic E-state index is 14.5. The molecule has 1 N–H and O–H groups in total. The predicted octanol–water partition coefficient (Wildman–Crippen LogP) is 3.71. The number of amides is 2. The van der Waals surface area contributed by atoms with Gasteiger partial charge in [0.25, 0.3) is 5.91 Å². The zero-order valence-electron chi connectivity index (χ0n) is 24.7. The van der Waals surface area contributed by atoms with Gasteiger partial charge < -0.3 is 29.3 Å². The number of benzene rings is 1. The van der Waals surface area contributed by atoms with Crippen LogP contribution in [0.25, 0.3) is 0 Å². The number of hydrogen-bond acceptors (Lipinski definition) is 7. The lowest BCUT2D eigenvalue weighted by molar-refractivity contribution is -0.159. The van der Waals surface area contributed by atoms with Gasteiger partial charge in [0.2, 0.25) is 5.91 Å². The number of likely N-dealkylation sites (tertiary alicyclic amines) is 1. The van der Waals surface area contributed by atoms with Gasteiger partial charge in [-0.1, -0.05) is 12.2 Å². The average molecular weight is 568 g/mol. The largest absolute Gasteiger partial charge is 0.465 e. The Hall–Kier alpha value is -3.17. The van der Waals surface area contributed by atoms with E-state index in [0.717, 1.165) is 25.2 Å². The number of hydrogen-bond donors (Lipinski definition) is 1. The van der Waals surface area contributed by atoms with E-state index in [1.54, 1.807) is 17.1 Å². The Bertz CT molecular complexity index is 1130. The molecule has 1 aromatic carbocycles. The van der Waals surface area contributed by atoms with Crippen LogP contribution < -0.4 is 9.80 Å². The number of aliphatic hydroxyl groups is 1. The predicted molar refractivity (Wildman–Crippen MR) is 159 cm³/mol. The molecule has 3 aliphatic heterocycles. The first-order chi connectivity index (χ1) is 19.7. The van der Waals surface area contributed by atoms with Gasteiger partial charge in [-0.15, -0.1) is 13.2 Å². The van der Waals surface area contributed by atoms with Gasteiger partial charge in [-0.25, -0.2) is 0 Å². The first-order valence-electron chi connectivity index (χ1n) is 14.9. The summed E-state index contributed by atoms with van der Waals surface area (Å²) in [6, 6.07) is 6.88. The maximum Gasteiger partial charge on any atom is 0.312 e. The molecule has 4 rings (SSSR count). The second-order valence-corrected chi connectivity index (χ2v) is 11.4. The van der Waals surface area contributed by atoms with Crippen LogP contribution in [0.1, 0.15) is 52.9 Å². The Morgan fingerprint density at radius 1 is 1.12 bits per heavy atom. The summed E-state index contributed by atoms with van der Waals surface area (Å²) in [5.41, 5.74) is -0.295. The fourth-order valence-electron chi connectivity index (χ4n) is 7.07. The number of fused-ring (bicyclic) bond motifs is 1. The molecule has 2 unspecified atom stereocenters. The third-order valence-corrected chi connectivity index (χ3v) is 8.99. The van der Waals surface area contributed by atoms with Crippen molar-refractivity contribution in [2.24, 2.45) is 11.8 Å². The lowest BCUT2D eigenvalue weighted by Crippen LogP contribution is -2.56. The lowest BCUT2D eigenvalue weighted by Gasteiger charge is -2.37. The van der Waals surface area contributed by atoms with Crippen molar-refractivity contribution in [1.29, 1.82) is 0 Å². The van der Waals surface area contributed by atoms with E-state index < -0.39 is 35.0 Å². The van der Waals surface area contributed by atoms with E-state index in [4.69, 9.17) is 9.47 Å². The van der Waals surface area contributed by atoms with Crippen LogP contribution in [-0.4, -0.2) is 84.4 Å². The molecule has 1 spiro atoms. The Labute approximate surface area is 243 Å². The molecule has 3 saturated heterocycles. The molecule has 3 fully saturated rings. The molecule has 3 aliphatic rings. The van der Waals surface area contributed by atoms with E-state index in [1.807, 2.05) is 31.2 Å². The van der Waals surface area contributed by atoms with Crippen molar-refractivity contribution >= 4 is 29.2 Å². The fraction of sp³-hybridized carbons (Fsp3) is 0.594. The van der Waals surface area contributed by atoms with E-state index in [2.05, 4.69) is 31.9 Å². The molecule has 9 nitrogen and oxygen atoms in total. The molecule has 0 radical (unpaired) electrons. The highest BCUT2D eigenvalue weighted by Crippen LogP contribution is 2.63. The summed E-state index contributed by atoms with van der Waals surface area (Å²) in [6.45, 7) is 15.9. The minimum Gasteiger partial charge on any atom is -0.465 e. The lowest BCUT2D eigenvalue weighted by atomic mass is 9.66. The molecule has 3 heterocycles.